The van der Waals surface area contributed by atoms with E-state index in [1.165, 1.54) is 12.1 Å². The number of nitrogens with one attached hydrogen (secondary N) is 1. The van der Waals surface area contributed by atoms with E-state index in [4.69, 9.17) is 9.84 Å². The van der Waals surface area contributed by atoms with Crippen LogP contribution in [0.5, 0.6) is 5.75 Å². The van der Waals surface area contributed by atoms with Gasteiger partial charge in [-0.15, -0.1) is 0 Å². The molecule has 0 saturated heterocycles. The second kappa shape index (κ2) is 7.15. The molecule has 0 aliphatic rings. The molecule has 0 unspecified atom stereocenters. The van der Waals surface area contributed by atoms with Gasteiger partial charge in [0.05, 0.1) is 12.0 Å². The van der Waals surface area contributed by atoms with Crippen molar-refractivity contribution >= 4 is 21.5 Å². The Morgan fingerprint density at radius 2 is 1.87 bits per heavy atom. The lowest BCUT2D eigenvalue weighted by Gasteiger charge is -2.09. The van der Waals surface area contributed by atoms with Crippen LogP contribution in [-0.2, 0) is 21.2 Å². The predicted molar refractivity (Wildman–Crippen MR) is 86.5 cm³/mol. The number of rotatable bonds is 7. The van der Waals surface area contributed by atoms with E-state index in [1.807, 2.05) is 24.3 Å². The van der Waals surface area contributed by atoms with Crippen molar-refractivity contribution in [3.63, 3.8) is 0 Å². The Hall–Kier alpha value is -2.54. The van der Waals surface area contributed by atoms with Crippen molar-refractivity contribution in [3.05, 3.63) is 54.1 Å². The van der Waals surface area contributed by atoms with Gasteiger partial charge in [0, 0.05) is 12.2 Å². The van der Waals surface area contributed by atoms with Crippen molar-refractivity contribution in [2.45, 2.75) is 11.4 Å². The van der Waals surface area contributed by atoms with Crippen LogP contribution in [0.1, 0.15) is 5.56 Å². The molecule has 0 fully saturated rings. The van der Waals surface area contributed by atoms with Gasteiger partial charge in [0.25, 0.3) is 0 Å². The number of hydrogen-bond donors (Lipinski definition) is 2. The molecule has 2 rings (SSSR count). The van der Waals surface area contributed by atoms with Gasteiger partial charge in [-0.05, 0) is 42.0 Å². The summed E-state index contributed by atoms with van der Waals surface area (Å²) in [5.74, 6) is -1.52. The third kappa shape index (κ3) is 4.72. The minimum absolute atomic E-state index is 0.00756. The Balaban J connectivity index is 2.04. The van der Waals surface area contributed by atoms with E-state index in [0.29, 0.717) is 6.54 Å². The van der Waals surface area contributed by atoms with Crippen molar-refractivity contribution < 1.29 is 23.1 Å². The summed E-state index contributed by atoms with van der Waals surface area (Å²) < 4.78 is 28.7. The summed E-state index contributed by atoms with van der Waals surface area (Å²) in [5.41, 5.74) is 1.76. The summed E-state index contributed by atoms with van der Waals surface area (Å²) >= 11 is 0. The molecule has 2 aromatic rings. The number of carboxylic acids is 1. The Morgan fingerprint density at radius 3 is 2.48 bits per heavy atom. The van der Waals surface area contributed by atoms with Crippen LogP contribution in [0.25, 0.3) is 0 Å². The van der Waals surface area contributed by atoms with Crippen molar-refractivity contribution in [3.8, 4) is 5.75 Å². The minimum atomic E-state index is -3.80. The van der Waals surface area contributed by atoms with Gasteiger partial charge in [0.2, 0.25) is 0 Å². The van der Waals surface area contributed by atoms with E-state index in [2.05, 4.69) is 5.32 Å². The molecule has 122 valence electrons. The predicted octanol–water partition coefficient (Wildman–Crippen LogP) is 2.17. The molecule has 0 bridgehead atoms. The standard InChI is InChI=1S/C16H17NO5S/c1-22-14-4-2-3-12(9-14)10-17-13-5-7-15(8-6-13)23(20,21)11-16(18)19/h2-9,17H,10-11H2,1H3,(H,18,19). The number of benzene rings is 2. The first-order valence-electron chi connectivity index (χ1n) is 6.82. The van der Waals surface area contributed by atoms with Crippen LogP contribution in [0.3, 0.4) is 0 Å². The summed E-state index contributed by atoms with van der Waals surface area (Å²) in [7, 11) is -2.20. The van der Waals surface area contributed by atoms with Crippen LogP contribution >= 0.6 is 0 Å². The van der Waals surface area contributed by atoms with E-state index in [0.717, 1.165) is 17.0 Å². The van der Waals surface area contributed by atoms with Crippen molar-refractivity contribution in [1.82, 2.24) is 0 Å². The summed E-state index contributed by atoms with van der Waals surface area (Å²) in [6.07, 6.45) is 0. The molecular formula is C16H17NO5S. The highest BCUT2D eigenvalue weighted by Gasteiger charge is 2.18. The Labute approximate surface area is 134 Å². The first-order chi connectivity index (χ1) is 10.9. The number of carbonyl (C=O) groups is 1. The fourth-order valence-electron chi connectivity index (χ4n) is 2.01. The Kier molecular flexibility index (Phi) is 5.23. The Bertz CT molecular complexity index is 784. The first-order valence-corrected chi connectivity index (χ1v) is 8.47. The van der Waals surface area contributed by atoms with E-state index in [9.17, 15) is 13.2 Å². The average molecular weight is 335 g/mol. The van der Waals surface area contributed by atoms with Gasteiger partial charge in [-0.1, -0.05) is 12.1 Å². The maximum Gasteiger partial charge on any atom is 0.319 e. The fraction of sp³-hybridized carbons (Fsp3) is 0.188. The van der Waals surface area contributed by atoms with E-state index >= 15 is 0 Å². The van der Waals surface area contributed by atoms with Gasteiger partial charge in [0.1, 0.15) is 5.75 Å². The molecule has 0 saturated carbocycles. The maximum absolute atomic E-state index is 11.8. The normalized spacial score (nSPS) is 11.0. The lowest BCUT2D eigenvalue weighted by Crippen LogP contribution is -2.15. The van der Waals surface area contributed by atoms with Crippen LogP contribution in [0.2, 0.25) is 0 Å². The molecule has 2 N–H and O–H groups in total. The third-order valence-corrected chi connectivity index (χ3v) is 4.78. The second-order valence-electron chi connectivity index (χ2n) is 4.88. The summed E-state index contributed by atoms with van der Waals surface area (Å²) in [6, 6.07) is 13.6. The molecule has 2 aromatic carbocycles. The van der Waals surface area contributed by atoms with Gasteiger partial charge in [0.15, 0.2) is 15.6 Å². The number of anilines is 1. The smallest absolute Gasteiger partial charge is 0.319 e. The van der Waals surface area contributed by atoms with E-state index < -0.39 is 21.6 Å². The van der Waals surface area contributed by atoms with Crippen molar-refractivity contribution in [1.29, 1.82) is 0 Å². The molecule has 0 radical (unpaired) electrons. The number of carboxylic acid groups (broad SMARTS) is 1. The van der Waals surface area contributed by atoms with Crippen molar-refractivity contribution in [2.24, 2.45) is 0 Å². The van der Waals surface area contributed by atoms with Gasteiger partial charge >= 0.3 is 5.97 Å². The SMILES string of the molecule is COc1cccc(CNc2ccc(S(=O)(=O)CC(=O)O)cc2)c1. The molecule has 6 nitrogen and oxygen atoms in total. The number of methoxy groups -OCH3 is 1. The number of sulfone groups is 1. The quantitative estimate of drug-likeness (QED) is 0.805. The molecule has 0 aliphatic heterocycles. The van der Waals surface area contributed by atoms with Crippen LogP contribution in [-0.4, -0.2) is 32.4 Å². The average Bonchev–Trinajstić information content (AvgIpc) is 2.52. The molecule has 0 aliphatic carbocycles. The monoisotopic (exact) mass is 335 g/mol. The highest BCUT2D eigenvalue weighted by molar-refractivity contribution is 7.92. The fourth-order valence-corrected chi connectivity index (χ4v) is 3.06. The van der Waals surface area contributed by atoms with E-state index in [-0.39, 0.29) is 4.90 Å². The topological polar surface area (TPSA) is 92.7 Å². The van der Waals surface area contributed by atoms with Crippen LogP contribution in [0.15, 0.2) is 53.4 Å². The maximum atomic E-state index is 11.8. The zero-order chi connectivity index (χ0) is 16.9. The zero-order valence-electron chi connectivity index (χ0n) is 12.5. The van der Waals surface area contributed by atoms with Gasteiger partial charge in [-0.25, -0.2) is 8.42 Å². The zero-order valence-corrected chi connectivity index (χ0v) is 13.3. The number of aliphatic carboxylic acids is 1. The highest BCUT2D eigenvalue weighted by Crippen LogP contribution is 2.17. The molecular weight excluding hydrogens is 318 g/mol. The lowest BCUT2D eigenvalue weighted by atomic mass is 10.2. The van der Waals surface area contributed by atoms with E-state index in [1.54, 1.807) is 19.2 Å². The molecule has 0 aromatic heterocycles. The number of hydrogen-bond acceptors (Lipinski definition) is 5. The number of ether oxygens (including phenoxy) is 1. The van der Waals surface area contributed by atoms with Gasteiger partial charge in [-0.3, -0.25) is 4.79 Å². The third-order valence-electron chi connectivity index (χ3n) is 3.16. The van der Waals surface area contributed by atoms with Crippen LogP contribution in [0, 0.1) is 0 Å². The summed E-state index contributed by atoms with van der Waals surface area (Å²) in [6.45, 7) is 0.554. The molecule has 7 heteroatoms. The van der Waals surface area contributed by atoms with Crippen LogP contribution < -0.4 is 10.1 Å². The largest absolute Gasteiger partial charge is 0.497 e. The molecule has 0 amide bonds. The molecule has 0 atom stereocenters. The van der Waals surface area contributed by atoms with Gasteiger partial charge in [-0.2, -0.15) is 0 Å². The molecule has 0 spiro atoms. The lowest BCUT2D eigenvalue weighted by molar-refractivity contribution is -0.134. The molecule has 23 heavy (non-hydrogen) atoms. The highest BCUT2D eigenvalue weighted by atomic mass is 32.2. The first kappa shape index (κ1) is 16.8. The summed E-state index contributed by atoms with van der Waals surface area (Å²) in [4.78, 5) is 10.6. The minimum Gasteiger partial charge on any atom is -0.497 e. The second-order valence-corrected chi connectivity index (χ2v) is 6.87. The van der Waals surface area contributed by atoms with Gasteiger partial charge < -0.3 is 15.2 Å². The van der Waals surface area contributed by atoms with Crippen molar-refractivity contribution in [2.75, 3.05) is 18.2 Å². The Morgan fingerprint density at radius 1 is 1.17 bits per heavy atom. The molecule has 0 heterocycles. The van der Waals surface area contributed by atoms with Crippen LogP contribution in [0.4, 0.5) is 5.69 Å². The summed E-state index contributed by atoms with van der Waals surface area (Å²) in [5, 5.41) is 11.8.